The highest BCUT2D eigenvalue weighted by Crippen LogP contribution is 2.54. The maximum Gasteiger partial charge on any atom is 0.330 e. The predicted molar refractivity (Wildman–Crippen MR) is 81.3 cm³/mol. The number of aryl methyl sites for hydroxylation is 1. The van der Waals surface area contributed by atoms with E-state index in [9.17, 15) is 23.1 Å². The molecule has 3 saturated heterocycles. The second-order valence-corrected chi connectivity index (χ2v) is 8.00. The van der Waals surface area contributed by atoms with E-state index in [1.807, 2.05) is 0 Å². The summed E-state index contributed by atoms with van der Waals surface area (Å²) >= 11 is 0. The summed E-state index contributed by atoms with van der Waals surface area (Å²) in [5.41, 5.74) is -4.33. The molecule has 0 aliphatic carbocycles. The van der Waals surface area contributed by atoms with Crippen LogP contribution in [0.3, 0.4) is 0 Å². The number of aliphatic hydroxyl groups is 1. The number of ether oxygens (including phenoxy) is 2. The number of nitrogens with zero attached hydrogens (tertiary/aromatic N) is 1. The van der Waals surface area contributed by atoms with Gasteiger partial charge in [0.1, 0.15) is 18.0 Å². The van der Waals surface area contributed by atoms with Gasteiger partial charge in [-0.1, -0.05) is 0 Å². The van der Waals surface area contributed by atoms with Crippen LogP contribution in [0.4, 0.5) is 0 Å². The van der Waals surface area contributed by atoms with Crippen molar-refractivity contribution in [1.29, 1.82) is 0 Å². The summed E-state index contributed by atoms with van der Waals surface area (Å²) < 4.78 is 41.6. The molecule has 3 aliphatic rings. The highest BCUT2D eigenvalue weighted by Gasteiger charge is 2.78. The molecule has 1 aromatic rings. The van der Waals surface area contributed by atoms with Crippen LogP contribution < -0.4 is 16.6 Å². The van der Waals surface area contributed by atoms with E-state index in [1.54, 1.807) is 0 Å². The minimum absolute atomic E-state index is 0.161. The smallest absolute Gasteiger partial charge is 0.330 e. The predicted octanol–water partition coefficient (Wildman–Crippen LogP) is -2.85. The van der Waals surface area contributed by atoms with Crippen LogP contribution in [0.2, 0.25) is 0 Å². The molecule has 3 aliphatic heterocycles. The van der Waals surface area contributed by atoms with E-state index >= 15 is 0 Å². The minimum Gasteiger partial charge on any atom is -0.385 e. The highest BCUT2D eigenvalue weighted by atomic mass is 32.2. The molecule has 5 atom stereocenters. The first-order valence-corrected chi connectivity index (χ1v) is 9.13. The number of rotatable bonds is 2. The minimum atomic E-state index is -3.98. The Morgan fingerprint density at radius 1 is 1.44 bits per heavy atom. The third-order valence-electron chi connectivity index (χ3n) is 5.11. The van der Waals surface area contributed by atoms with Crippen molar-refractivity contribution in [3.05, 3.63) is 32.6 Å². The topological polar surface area (TPSA) is 149 Å². The first-order valence-electron chi connectivity index (χ1n) is 7.55. The fraction of sp³-hybridized carbons (Fsp3) is 0.692. The Morgan fingerprint density at radius 3 is 2.84 bits per heavy atom. The number of hydrogen-bond acceptors (Lipinski definition) is 9. The van der Waals surface area contributed by atoms with Crippen molar-refractivity contribution in [1.82, 2.24) is 14.9 Å². The molecule has 0 saturated carbocycles. The summed E-state index contributed by atoms with van der Waals surface area (Å²) in [6.07, 6.45) is -2.40. The molecule has 0 aromatic carbocycles. The lowest BCUT2D eigenvalue weighted by molar-refractivity contribution is -0.158. The van der Waals surface area contributed by atoms with Crippen LogP contribution in [0.1, 0.15) is 11.8 Å². The molecule has 4 heterocycles. The molecule has 3 N–H and O–H groups in total. The van der Waals surface area contributed by atoms with Gasteiger partial charge in [-0.3, -0.25) is 23.8 Å². The third-order valence-corrected chi connectivity index (χ3v) is 6.40. The van der Waals surface area contributed by atoms with Crippen LogP contribution in [-0.2, 0) is 23.8 Å². The maximum atomic E-state index is 12.1. The second-order valence-electron chi connectivity index (χ2n) is 6.43. The molecule has 1 aromatic heterocycles. The van der Waals surface area contributed by atoms with E-state index in [-0.39, 0.29) is 12.1 Å². The normalized spacial score (nSPS) is 41.6. The van der Waals surface area contributed by atoms with Gasteiger partial charge in [-0.2, -0.15) is 8.42 Å². The van der Waals surface area contributed by atoms with Gasteiger partial charge in [-0.25, -0.2) is 4.79 Å². The van der Waals surface area contributed by atoms with Crippen LogP contribution in [0.5, 0.6) is 0 Å². The van der Waals surface area contributed by atoms with Crippen molar-refractivity contribution in [2.75, 3.05) is 19.4 Å². The van der Waals surface area contributed by atoms with Crippen LogP contribution in [0, 0.1) is 6.92 Å². The van der Waals surface area contributed by atoms with Crippen molar-refractivity contribution in [2.24, 2.45) is 0 Å². The molecule has 25 heavy (non-hydrogen) atoms. The molecule has 11 nitrogen and oxygen atoms in total. The van der Waals surface area contributed by atoms with Crippen molar-refractivity contribution < 1.29 is 27.2 Å². The molecule has 138 valence electrons. The van der Waals surface area contributed by atoms with Crippen molar-refractivity contribution >= 4 is 10.1 Å². The van der Waals surface area contributed by atoms with E-state index in [4.69, 9.17) is 13.7 Å². The van der Waals surface area contributed by atoms with Gasteiger partial charge in [0.15, 0.2) is 17.6 Å². The summed E-state index contributed by atoms with van der Waals surface area (Å²) in [5.74, 6) is -0.500. The van der Waals surface area contributed by atoms with Gasteiger partial charge in [-0.15, -0.1) is 0 Å². The fourth-order valence-corrected chi connectivity index (χ4v) is 5.71. The van der Waals surface area contributed by atoms with Gasteiger partial charge in [0.2, 0.25) is 0 Å². The van der Waals surface area contributed by atoms with Crippen molar-refractivity contribution in [3.8, 4) is 0 Å². The molecular formula is C13H17N3O8S. The summed E-state index contributed by atoms with van der Waals surface area (Å²) in [5, 5.41) is 13.8. The molecule has 0 bridgehead atoms. The summed E-state index contributed by atoms with van der Waals surface area (Å²) in [4.78, 5) is 25.8. The molecule has 12 heteroatoms. The van der Waals surface area contributed by atoms with Crippen molar-refractivity contribution in [2.45, 2.75) is 36.7 Å². The number of hydrogen-bond donors (Lipinski definition) is 3. The molecule has 0 radical (unpaired) electrons. The van der Waals surface area contributed by atoms with Gasteiger partial charge < -0.3 is 14.6 Å². The highest BCUT2D eigenvalue weighted by molar-refractivity contribution is 7.87. The molecular weight excluding hydrogens is 358 g/mol. The Bertz CT molecular complexity index is 955. The molecule has 3 fully saturated rings. The Balaban J connectivity index is 1.85. The van der Waals surface area contributed by atoms with E-state index in [0.29, 0.717) is 0 Å². The number of aliphatic hydroxyl groups excluding tert-OH is 1. The average Bonchev–Trinajstić information content (AvgIpc) is 3.05. The fourth-order valence-electron chi connectivity index (χ4n) is 3.95. The number of aromatic nitrogens is 2. The zero-order valence-corrected chi connectivity index (χ0v) is 14.2. The molecule has 0 unspecified atom stereocenters. The lowest BCUT2D eigenvalue weighted by Crippen LogP contribution is -2.63. The summed E-state index contributed by atoms with van der Waals surface area (Å²) in [7, 11) is -2.67. The standard InChI is InChI=1S/C13H17N3O8S/c1-6-4-16(11(19)15-9(6)18)10-8(17)13-7(23-10)3-14-12(13,22-2)5-25(20,21)24-13/h4,7-8,10,14,17H,3,5H2,1-2H3,(H,15,18,19)/t7-,8+,10-,12-,13-/m1/s1. The SMILES string of the molecule is CO[C@]12CS(=O)(=O)O[C@@]13[C@@H](CN2)O[C@@H](n1cc(C)c(=O)[nH]c1=O)[C@@H]3O. The number of methoxy groups -OCH3 is 1. The van der Waals surface area contributed by atoms with Crippen LogP contribution >= 0.6 is 0 Å². The van der Waals surface area contributed by atoms with E-state index < -0.39 is 56.9 Å². The van der Waals surface area contributed by atoms with E-state index in [2.05, 4.69) is 10.3 Å². The Labute approximate surface area is 141 Å². The van der Waals surface area contributed by atoms with Gasteiger partial charge in [0.25, 0.3) is 15.7 Å². The van der Waals surface area contributed by atoms with Gasteiger partial charge in [0, 0.05) is 25.4 Å². The van der Waals surface area contributed by atoms with Crippen molar-refractivity contribution in [3.63, 3.8) is 0 Å². The Hall–Kier alpha value is -1.57. The Morgan fingerprint density at radius 2 is 2.16 bits per heavy atom. The monoisotopic (exact) mass is 375 g/mol. The number of aromatic amines is 1. The maximum absolute atomic E-state index is 12.1. The van der Waals surface area contributed by atoms with Crippen LogP contribution in [0.25, 0.3) is 0 Å². The van der Waals surface area contributed by atoms with Gasteiger partial charge >= 0.3 is 5.69 Å². The van der Waals surface area contributed by atoms with Gasteiger partial charge in [-0.05, 0) is 6.92 Å². The molecule has 1 spiro atoms. The summed E-state index contributed by atoms with van der Waals surface area (Å²) in [6, 6.07) is 0. The quantitative estimate of drug-likeness (QED) is 0.464. The lowest BCUT2D eigenvalue weighted by atomic mass is 9.85. The van der Waals surface area contributed by atoms with E-state index in [0.717, 1.165) is 4.57 Å². The Kier molecular flexibility index (Phi) is 3.37. The zero-order chi connectivity index (χ0) is 18.2. The number of H-pyrrole nitrogens is 1. The van der Waals surface area contributed by atoms with Gasteiger partial charge in [0.05, 0.1) is 0 Å². The first-order chi connectivity index (χ1) is 11.7. The van der Waals surface area contributed by atoms with E-state index in [1.165, 1.54) is 20.2 Å². The average molecular weight is 375 g/mol. The largest absolute Gasteiger partial charge is 0.385 e. The lowest BCUT2D eigenvalue weighted by Gasteiger charge is -2.36. The number of nitrogens with one attached hydrogen (secondary N) is 2. The first kappa shape index (κ1) is 16.9. The van der Waals surface area contributed by atoms with Crippen LogP contribution in [-0.4, -0.2) is 66.0 Å². The molecule has 0 amide bonds. The second kappa shape index (κ2) is 4.99. The summed E-state index contributed by atoms with van der Waals surface area (Å²) in [6.45, 7) is 1.65. The van der Waals surface area contributed by atoms with Crippen LogP contribution in [0.15, 0.2) is 15.8 Å². The zero-order valence-electron chi connectivity index (χ0n) is 13.4. The third kappa shape index (κ3) is 2.00. The molecule has 4 rings (SSSR count).